The Labute approximate surface area is 125 Å². The molecule has 0 aromatic carbocycles. The SMILES string of the molecule is C=CCC[C@H](NC(=O)[C@H]1CCCCC(=O)N1)C(=O)OCC. The molecule has 2 N–H and O–H groups in total. The van der Waals surface area contributed by atoms with Crippen LogP contribution >= 0.6 is 0 Å². The highest BCUT2D eigenvalue weighted by molar-refractivity contribution is 5.90. The van der Waals surface area contributed by atoms with Crippen molar-refractivity contribution in [3.8, 4) is 0 Å². The van der Waals surface area contributed by atoms with Crippen LogP contribution in [0.3, 0.4) is 0 Å². The molecule has 1 aliphatic heterocycles. The van der Waals surface area contributed by atoms with E-state index in [4.69, 9.17) is 4.74 Å². The molecule has 21 heavy (non-hydrogen) atoms. The Morgan fingerprint density at radius 3 is 2.95 bits per heavy atom. The van der Waals surface area contributed by atoms with E-state index in [0.29, 0.717) is 25.7 Å². The van der Waals surface area contributed by atoms with Gasteiger partial charge in [-0.2, -0.15) is 0 Å². The maximum absolute atomic E-state index is 12.2. The number of rotatable bonds is 7. The van der Waals surface area contributed by atoms with Gasteiger partial charge in [0, 0.05) is 6.42 Å². The molecule has 6 heteroatoms. The minimum Gasteiger partial charge on any atom is -0.464 e. The molecule has 1 saturated heterocycles. The summed E-state index contributed by atoms with van der Waals surface area (Å²) in [6.07, 6.45) is 5.36. The van der Waals surface area contributed by atoms with Gasteiger partial charge in [-0.3, -0.25) is 9.59 Å². The zero-order chi connectivity index (χ0) is 15.7. The molecule has 0 aromatic rings. The van der Waals surface area contributed by atoms with Crippen LogP contribution in [0.25, 0.3) is 0 Å². The molecule has 1 fully saturated rings. The molecule has 0 radical (unpaired) electrons. The normalized spacial score (nSPS) is 19.9. The quantitative estimate of drug-likeness (QED) is 0.543. The monoisotopic (exact) mass is 296 g/mol. The van der Waals surface area contributed by atoms with Crippen LogP contribution in [0.2, 0.25) is 0 Å². The summed E-state index contributed by atoms with van der Waals surface area (Å²) in [4.78, 5) is 35.6. The van der Waals surface area contributed by atoms with E-state index in [1.165, 1.54) is 0 Å². The average molecular weight is 296 g/mol. The van der Waals surface area contributed by atoms with Gasteiger partial charge in [0.25, 0.3) is 0 Å². The first-order valence-electron chi connectivity index (χ1n) is 7.45. The fourth-order valence-electron chi connectivity index (χ4n) is 2.22. The van der Waals surface area contributed by atoms with Crippen LogP contribution in [0.15, 0.2) is 12.7 Å². The number of carbonyl (C=O) groups excluding carboxylic acids is 3. The highest BCUT2D eigenvalue weighted by atomic mass is 16.5. The van der Waals surface area contributed by atoms with Crippen LogP contribution in [0.5, 0.6) is 0 Å². The molecule has 0 spiro atoms. The number of hydrogen-bond donors (Lipinski definition) is 2. The second kappa shape index (κ2) is 9.15. The van der Waals surface area contributed by atoms with Gasteiger partial charge in [0.2, 0.25) is 11.8 Å². The number of hydrogen-bond acceptors (Lipinski definition) is 4. The first kappa shape index (κ1) is 17.2. The molecule has 1 aliphatic rings. The summed E-state index contributed by atoms with van der Waals surface area (Å²) in [5, 5.41) is 5.37. The molecule has 0 saturated carbocycles. The Morgan fingerprint density at radius 2 is 2.29 bits per heavy atom. The number of esters is 1. The molecule has 0 unspecified atom stereocenters. The third kappa shape index (κ3) is 5.97. The molecule has 0 aliphatic carbocycles. The zero-order valence-corrected chi connectivity index (χ0v) is 12.5. The lowest BCUT2D eigenvalue weighted by Gasteiger charge is -2.21. The number of carbonyl (C=O) groups is 3. The molecule has 1 rings (SSSR count). The van der Waals surface area contributed by atoms with Gasteiger partial charge in [0.05, 0.1) is 6.61 Å². The van der Waals surface area contributed by atoms with Crippen molar-refractivity contribution in [2.45, 2.75) is 57.5 Å². The van der Waals surface area contributed by atoms with Crippen molar-refractivity contribution in [3.05, 3.63) is 12.7 Å². The van der Waals surface area contributed by atoms with Crippen LogP contribution in [0, 0.1) is 0 Å². The Hall–Kier alpha value is -1.85. The Kier molecular flexibility index (Phi) is 7.50. The van der Waals surface area contributed by atoms with Crippen molar-refractivity contribution >= 4 is 17.8 Å². The van der Waals surface area contributed by atoms with E-state index in [1.54, 1.807) is 13.0 Å². The summed E-state index contributed by atoms with van der Waals surface area (Å²) in [5.74, 6) is -0.897. The molecular formula is C15H24N2O4. The number of amides is 2. The third-order valence-corrected chi connectivity index (χ3v) is 3.35. The van der Waals surface area contributed by atoms with Crippen molar-refractivity contribution in [1.82, 2.24) is 10.6 Å². The maximum atomic E-state index is 12.2. The lowest BCUT2D eigenvalue weighted by molar-refractivity contribution is -0.147. The van der Waals surface area contributed by atoms with E-state index < -0.39 is 18.1 Å². The summed E-state index contributed by atoms with van der Waals surface area (Å²) in [6.45, 7) is 5.59. The van der Waals surface area contributed by atoms with E-state index in [-0.39, 0.29) is 18.4 Å². The van der Waals surface area contributed by atoms with Crippen molar-refractivity contribution in [1.29, 1.82) is 0 Å². The third-order valence-electron chi connectivity index (χ3n) is 3.35. The Morgan fingerprint density at radius 1 is 1.52 bits per heavy atom. The number of ether oxygens (including phenoxy) is 1. The van der Waals surface area contributed by atoms with Crippen LogP contribution in [-0.2, 0) is 19.1 Å². The van der Waals surface area contributed by atoms with Crippen molar-refractivity contribution in [2.75, 3.05) is 6.61 Å². The minimum absolute atomic E-state index is 0.119. The second-order valence-corrected chi connectivity index (χ2v) is 5.05. The predicted octanol–water partition coefficient (Wildman–Crippen LogP) is 1.06. The van der Waals surface area contributed by atoms with Gasteiger partial charge in [-0.25, -0.2) is 4.79 Å². The smallest absolute Gasteiger partial charge is 0.328 e. The molecule has 2 atom stereocenters. The highest BCUT2D eigenvalue weighted by Gasteiger charge is 2.27. The van der Waals surface area contributed by atoms with Gasteiger partial charge in [-0.15, -0.1) is 6.58 Å². The molecule has 0 aromatic heterocycles. The summed E-state index contributed by atoms with van der Waals surface area (Å²) < 4.78 is 4.96. The van der Waals surface area contributed by atoms with Crippen LogP contribution < -0.4 is 10.6 Å². The molecule has 0 bridgehead atoms. The predicted molar refractivity (Wildman–Crippen MR) is 78.4 cm³/mol. The van der Waals surface area contributed by atoms with Crippen molar-refractivity contribution < 1.29 is 19.1 Å². The molecule has 118 valence electrons. The Balaban J connectivity index is 2.62. The van der Waals surface area contributed by atoms with Gasteiger partial charge in [-0.1, -0.05) is 12.5 Å². The topological polar surface area (TPSA) is 84.5 Å². The number of allylic oxidation sites excluding steroid dienone is 1. The van der Waals surface area contributed by atoms with Crippen molar-refractivity contribution in [2.24, 2.45) is 0 Å². The highest BCUT2D eigenvalue weighted by Crippen LogP contribution is 2.10. The summed E-state index contributed by atoms with van der Waals surface area (Å²) in [6, 6.07) is -1.27. The van der Waals surface area contributed by atoms with E-state index in [2.05, 4.69) is 17.2 Å². The van der Waals surface area contributed by atoms with Gasteiger partial charge in [-0.05, 0) is 32.6 Å². The fourth-order valence-corrected chi connectivity index (χ4v) is 2.22. The van der Waals surface area contributed by atoms with Gasteiger partial charge < -0.3 is 15.4 Å². The minimum atomic E-state index is -0.699. The van der Waals surface area contributed by atoms with E-state index in [1.807, 2.05) is 0 Å². The molecular weight excluding hydrogens is 272 g/mol. The van der Waals surface area contributed by atoms with Crippen LogP contribution in [-0.4, -0.2) is 36.5 Å². The Bertz CT molecular complexity index is 395. The lowest BCUT2D eigenvalue weighted by Crippen LogP contribution is -2.51. The summed E-state index contributed by atoms with van der Waals surface area (Å²) in [5.41, 5.74) is 0. The fraction of sp³-hybridized carbons (Fsp3) is 0.667. The van der Waals surface area contributed by atoms with Crippen molar-refractivity contribution in [3.63, 3.8) is 0 Å². The largest absolute Gasteiger partial charge is 0.464 e. The summed E-state index contributed by atoms with van der Waals surface area (Å²) in [7, 11) is 0. The molecule has 2 amide bonds. The average Bonchev–Trinajstić information content (AvgIpc) is 2.68. The first-order chi connectivity index (χ1) is 10.1. The second-order valence-electron chi connectivity index (χ2n) is 5.05. The first-order valence-corrected chi connectivity index (χ1v) is 7.45. The molecule has 6 nitrogen and oxygen atoms in total. The number of nitrogens with one attached hydrogen (secondary N) is 2. The summed E-state index contributed by atoms with van der Waals surface area (Å²) >= 11 is 0. The van der Waals surface area contributed by atoms with Gasteiger partial charge in [0.1, 0.15) is 12.1 Å². The molecule has 1 heterocycles. The zero-order valence-electron chi connectivity index (χ0n) is 12.5. The van der Waals surface area contributed by atoms with Crippen LogP contribution in [0.1, 0.15) is 45.4 Å². The van der Waals surface area contributed by atoms with E-state index >= 15 is 0 Å². The van der Waals surface area contributed by atoms with Crippen LogP contribution in [0.4, 0.5) is 0 Å². The van der Waals surface area contributed by atoms with E-state index in [0.717, 1.165) is 12.8 Å². The van der Waals surface area contributed by atoms with Gasteiger partial charge in [0.15, 0.2) is 0 Å². The maximum Gasteiger partial charge on any atom is 0.328 e. The van der Waals surface area contributed by atoms with E-state index in [9.17, 15) is 14.4 Å². The lowest BCUT2D eigenvalue weighted by atomic mass is 10.1. The van der Waals surface area contributed by atoms with Gasteiger partial charge >= 0.3 is 5.97 Å². The standard InChI is InChI=1S/C15H24N2O4/c1-3-5-8-12(15(20)21-4-2)17-14(19)11-9-6-7-10-13(18)16-11/h3,11-12H,1,4-10H2,2H3,(H,16,18)(H,17,19)/t11-,12+/m1/s1.